The first-order chi connectivity index (χ1) is 23.2. The number of rotatable bonds is 5. The van der Waals surface area contributed by atoms with Gasteiger partial charge in [0.2, 0.25) is 11.6 Å². The van der Waals surface area contributed by atoms with Crippen LogP contribution in [0.5, 0.6) is 10.8 Å². The van der Waals surface area contributed by atoms with Gasteiger partial charge in [-0.05, 0) is 66.2 Å². The monoisotopic (exact) mass is 674 g/mol. The van der Waals surface area contributed by atoms with Crippen LogP contribution >= 0.6 is 23.1 Å². The first-order valence-corrected chi connectivity index (χ1v) is 16.3. The van der Waals surface area contributed by atoms with E-state index in [1.807, 2.05) is 24.3 Å². The number of hydrogen-bond donors (Lipinski definition) is 2. The molecule has 4 heterocycles. The third-order valence-corrected chi connectivity index (χ3v) is 10.4. The molecule has 0 saturated heterocycles. The van der Waals surface area contributed by atoms with E-state index in [1.165, 1.54) is 50.2 Å². The third kappa shape index (κ3) is 4.60. The molecule has 3 aliphatic rings. The Labute approximate surface area is 280 Å². The molecule has 0 fully saturated rings. The average molecular weight is 675 g/mol. The first-order valence-electron chi connectivity index (χ1n) is 14.6. The van der Waals surface area contributed by atoms with Gasteiger partial charge in [-0.15, -0.1) is 0 Å². The van der Waals surface area contributed by atoms with E-state index in [0.29, 0.717) is 49.6 Å². The minimum absolute atomic E-state index is 0.0585. The van der Waals surface area contributed by atoms with Gasteiger partial charge in [0, 0.05) is 37.4 Å². The molecule has 10 nitrogen and oxygen atoms in total. The zero-order valence-corrected chi connectivity index (χ0v) is 26.8. The van der Waals surface area contributed by atoms with Crippen LogP contribution in [0.15, 0.2) is 94.4 Å². The Bertz CT molecular complexity index is 2360. The second kappa shape index (κ2) is 11.2. The van der Waals surface area contributed by atoms with Gasteiger partial charge in [-0.25, -0.2) is 14.6 Å². The third-order valence-electron chi connectivity index (χ3n) is 8.32. The van der Waals surface area contributed by atoms with Crippen LogP contribution in [0.25, 0.3) is 15.7 Å². The van der Waals surface area contributed by atoms with Gasteiger partial charge in [-0.1, -0.05) is 41.3 Å². The fraction of sp³-hybridized carbons (Fsp3) is 0.0833. The molecule has 236 valence electrons. The van der Waals surface area contributed by atoms with Crippen LogP contribution in [0, 0.1) is 0 Å². The van der Waals surface area contributed by atoms with Gasteiger partial charge < -0.3 is 24.6 Å². The van der Waals surface area contributed by atoms with Crippen LogP contribution in [-0.2, 0) is 9.47 Å². The summed E-state index contributed by atoms with van der Waals surface area (Å²) in [5, 5.41) is 14.8. The van der Waals surface area contributed by atoms with Crippen LogP contribution < -0.4 is 10.1 Å². The van der Waals surface area contributed by atoms with Gasteiger partial charge >= 0.3 is 11.9 Å². The minimum Gasteiger partial charge on any atom is -0.499 e. The average Bonchev–Trinajstić information content (AvgIpc) is 3.82. The summed E-state index contributed by atoms with van der Waals surface area (Å²) >= 11 is 2.56. The lowest BCUT2D eigenvalue weighted by Gasteiger charge is -2.17. The predicted molar refractivity (Wildman–Crippen MR) is 181 cm³/mol. The summed E-state index contributed by atoms with van der Waals surface area (Å²) in [5.41, 5.74) is 3.62. The van der Waals surface area contributed by atoms with Gasteiger partial charge in [0.05, 0.1) is 42.3 Å². The standard InChI is InChI=1S/C36H22N2O8S2/c1-44-33(41)16-8-11-23-21(13-16)32(40)30(37-23)28-20-5-3-4-6-25(20)48-36(28)46-18-9-12-26-22(15-18)27(35(43)47-26)29-31(39)19-10-7-17(34(42)45-2)14-24(19)38-29/h3-15,36-37,43H,1-2H3/b30-28-. The number of ether oxygens (including phenoxy) is 3. The summed E-state index contributed by atoms with van der Waals surface area (Å²) in [7, 11) is 2.56. The van der Waals surface area contributed by atoms with Crippen molar-refractivity contribution in [2.24, 2.45) is 4.99 Å². The van der Waals surface area contributed by atoms with Crippen molar-refractivity contribution in [2.45, 2.75) is 10.3 Å². The molecule has 0 spiro atoms. The van der Waals surface area contributed by atoms with Gasteiger partial charge in [0.25, 0.3) is 0 Å². The van der Waals surface area contributed by atoms with E-state index in [4.69, 9.17) is 14.2 Å². The van der Waals surface area contributed by atoms with Gasteiger partial charge in [0.1, 0.15) is 11.5 Å². The second-order valence-electron chi connectivity index (χ2n) is 11.0. The highest BCUT2D eigenvalue weighted by molar-refractivity contribution is 8.00. The number of benzene rings is 4. The van der Waals surface area contributed by atoms with E-state index in [9.17, 15) is 24.3 Å². The molecule has 48 heavy (non-hydrogen) atoms. The van der Waals surface area contributed by atoms with Gasteiger partial charge in [0.15, 0.2) is 10.5 Å². The number of nitrogens with one attached hydrogen (secondary N) is 1. The number of Topliss-reactive ketones (excluding diaryl/α,β-unsaturated/α-hetero) is 2. The molecule has 0 saturated carbocycles. The molecule has 4 aromatic carbocycles. The van der Waals surface area contributed by atoms with Crippen molar-refractivity contribution in [3.63, 3.8) is 0 Å². The topological polar surface area (TPSA) is 141 Å². The van der Waals surface area contributed by atoms with Crippen LogP contribution in [0.4, 0.5) is 11.4 Å². The number of ketones is 2. The lowest BCUT2D eigenvalue weighted by atomic mass is 10.0. The number of carbonyl (C=O) groups excluding carboxylic acids is 4. The summed E-state index contributed by atoms with van der Waals surface area (Å²) in [5.74, 6) is -1.30. The maximum Gasteiger partial charge on any atom is 0.337 e. The molecular formula is C36H22N2O8S2. The van der Waals surface area contributed by atoms with Crippen molar-refractivity contribution in [2.75, 3.05) is 19.5 Å². The Morgan fingerprint density at radius 1 is 0.833 bits per heavy atom. The highest BCUT2D eigenvalue weighted by Gasteiger charge is 2.38. The number of anilines is 1. The number of esters is 2. The van der Waals surface area contributed by atoms with Crippen molar-refractivity contribution < 1.29 is 38.5 Å². The molecule has 0 amide bonds. The van der Waals surface area contributed by atoms with E-state index < -0.39 is 17.4 Å². The van der Waals surface area contributed by atoms with Crippen LogP contribution in [-0.4, -0.2) is 54.0 Å². The molecule has 1 atom stereocenters. The Kier molecular flexibility index (Phi) is 6.93. The lowest BCUT2D eigenvalue weighted by Crippen LogP contribution is -2.16. The number of nitrogens with zero attached hydrogens (tertiary/aromatic N) is 1. The number of allylic oxidation sites excluding steroid dienone is 1. The van der Waals surface area contributed by atoms with Crippen molar-refractivity contribution in [1.29, 1.82) is 0 Å². The quantitative estimate of drug-likeness (QED) is 0.148. The second-order valence-corrected chi connectivity index (χ2v) is 13.1. The predicted octanol–water partition coefficient (Wildman–Crippen LogP) is 7.03. The van der Waals surface area contributed by atoms with Crippen LogP contribution in [0.1, 0.15) is 52.6 Å². The minimum atomic E-state index is -0.636. The van der Waals surface area contributed by atoms with E-state index in [2.05, 4.69) is 10.3 Å². The molecule has 8 rings (SSSR count). The maximum atomic E-state index is 13.8. The normalized spacial score (nSPS) is 17.5. The fourth-order valence-electron chi connectivity index (χ4n) is 6.05. The number of fused-ring (bicyclic) bond motifs is 4. The van der Waals surface area contributed by atoms with E-state index in [1.54, 1.807) is 30.3 Å². The molecule has 0 radical (unpaired) electrons. The highest BCUT2D eigenvalue weighted by Crippen LogP contribution is 2.49. The summed E-state index contributed by atoms with van der Waals surface area (Å²) in [4.78, 5) is 56.9. The molecule has 2 N–H and O–H groups in total. The number of hydrogen-bond acceptors (Lipinski definition) is 12. The summed E-state index contributed by atoms with van der Waals surface area (Å²) in [6, 6.07) is 22.3. The number of thioether (sulfide) groups is 1. The maximum absolute atomic E-state index is 13.8. The number of aromatic hydroxyl groups is 1. The largest absolute Gasteiger partial charge is 0.499 e. The molecule has 1 unspecified atom stereocenters. The first kappa shape index (κ1) is 29.7. The van der Waals surface area contributed by atoms with Crippen LogP contribution in [0.2, 0.25) is 0 Å². The number of thiophene rings is 1. The van der Waals surface area contributed by atoms with E-state index in [0.717, 1.165) is 21.8 Å². The number of aliphatic imine (C=N–C) groups is 1. The molecule has 5 aromatic rings. The highest BCUT2D eigenvalue weighted by atomic mass is 32.2. The summed E-state index contributed by atoms with van der Waals surface area (Å²) < 4.78 is 16.9. The van der Waals surface area contributed by atoms with Crippen molar-refractivity contribution in [3.05, 3.63) is 118 Å². The summed E-state index contributed by atoms with van der Waals surface area (Å²) in [6.07, 6.45) is 0. The summed E-state index contributed by atoms with van der Waals surface area (Å²) in [6.45, 7) is 0. The molecular weight excluding hydrogens is 653 g/mol. The molecule has 3 aliphatic heterocycles. The molecule has 1 aromatic heterocycles. The molecule has 0 aliphatic carbocycles. The Hall–Kier alpha value is -5.72. The zero-order chi connectivity index (χ0) is 33.3. The van der Waals surface area contributed by atoms with E-state index in [-0.39, 0.29) is 39.0 Å². The fourth-order valence-corrected chi connectivity index (χ4v) is 8.19. The zero-order valence-electron chi connectivity index (χ0n) is 25.2. The van der Waals surface area contributed by atoms with Gasteiger partial charge in [-0.2, -0.15) is 0 Å². The SMILES string of the molecule is COC(=O)c1ccc2c(c1)N=C(c1c(O)sc3ccc(OC4Sc5ccccc5/C4=C4/Nc5ccc(C(=O)OC)cc5C4=O)cc13)C2=O. The lowest BCUT2D eigenvalue weighted by molar-refractivity contribution is 0.0592. The Balaban J connectivity index is 1.17. The number of methoxy groups -OCH3 is 2. The van der Waals surface area contributed by atoms with Crippen molar-refractivity contribution >= 4 is 79.3 Å². The molecule has 12 heteroatoms. The number of carbonyl (C=O) groups is 4. The van der Waals surface area contributed by atoms with Crippen molar-refractivity contribution in [1.82, 2.24) is 0 Å². The Morgan fingerprint density at radius 3 is 2.38 bits per heavy atom. The van der Waals surface area contributed by atoms with Crippen LogP contribution in [0.3, 0.4) is 0 Å². The smallest absolute Gasteiger partial charge is 0.337 e. The van der Waals surface area contributed by atoms with Gasteiger partial charge in [-0.3, -0.25) is 9.59 Å². The Morgan fingerprint density at radius 2 is 1.58 bits per heavy atom. The van der Waals surface area contributed by atoms with Crippen molar-refractivity contribution in [3.8, 4) is 10.8 Å². The molecule has 0 bridgehead atoms. The van der Waals surface area contributed by atoms with E-state index >= 15 is 0 Å².